The quantitative estimate of drug-likeness (QED) is 0.887. The summed E-state index contributed by atoms with van der Waals surface area (Å²) in [6.07, 6.45) is -0.558. The fourth-order valence-electron chi connectivity index (χ4n) is 1.75. The van der Waals surface area contributed by atoms with Crippen LogP contribution in [0.2, 0.25) is 5.02 Å². The number of aliphatic hydroxyl groups is 1. The average Bonchev–Trinajstić information content (AvgIpc) is 2.89. The molecule has 0 saturated heterocycles. The molecule has 1 N–H and O–H groups in total. The van der Waals surface area contributed by atoms with Crippen molar-refractivity contribution in [1.29, 1.82) is 0 Å². The van der Waals surface area contributed by atoms with E-state index in [1.54, 1.807) is 7.11 Å². The Morgan fingerprint density at radius 1 is 1.40 bits per heavy atom. The summed E-state index contributed by atoms with van der Waals surface area (Å²) in [5, 5.41) is 20.1. The van der Waals surface area contributed by atoms with Gasteiger partial charge in [-0.15, -0.1) is 10.2 Å². The third kappa shape index (κ3) is 3.67. The zero-order chi connectivity index (χ0) is 14.5. The van der Waals surface area contributed by atoms with Crippen molar-refractivity contribution in [1.82, 2.24) is 10.2 Å². The molecule has 1 heterocycles. The van der Waals surface area contributed by atoms with Crippen LogP contribution in [0.1, 0.15) is 0 Å². The first-order valence-electron chi connectivity index (χ1n) is 6.08. The summed E-state index contributed by atoms with van der Waals surface area (Å²) in [6, 6.07) is 7.52. The molecule has 0 spiro atoms. The highest BCUT2D eigenvalue weighted by molar-refractivity contribution is 7.18. The predicted octanol–water partition coefficient (Wildman–Crippen LogP) is 2.30. The number of hydrogen-bond acceptors (Lipinski definition) is 6. The van der Waals surface area contributed by atoms with Gasteiger partial charge in [-0.25, -0.2) is 0 Å². The second kappa shape index (κ2) is 6.99. The van der Waals surface area contributed by atoms with Crippen molar-refractivity contribution < 1.29 is 9.84 Å². The largest absolute Gasteiger partial charge is 0.389 e. The highest BCUT2D eigenvalue weighted by Crippen LogP contribution is 2.32. The number of hydrogen-bond donors (Lipinski definition) is 1. The van der Waals surface area contributed by atoms with Crippen LogP contribution < -0.4 is 4.90 Å². The summed E-state index contributed by atoms with van der Waals surface area (Å²) in [5.74, 6) is 0. The van der Waals surface area contributed by atoms with Crippen molar-refractivity contribution in [2.45, 2.75) is 6.10 Å². The Balaban J connectivity index is 2.11. The lowest BCUT2D eigenvalue weighted by Gasteiger charge is -2.18. The fourth-order valence-corrected chi connectivity index (χ4v) is 2.89. The van der Waals surface area contributed by atoms with E-state index in [-0.39, 0.29) is 0 Å². The van der Waals surface area contributed by atoms with Crippen molar-refractivity contribution in [2.24, 2.45) is 0 Å². The standard InChI is InChI=1S/C13H16ClN3O2S/c1-17(7-9(18)8-19-2)13-16-15-12(20-13)10-5-3-4-6-11(10)14/h3-6,9,18H,7-8H2,1-2H3/t9-/m1/s1. The van der Waals surface area contributed by atoms with Gasteiger partial charge in [-0.05, 0) is 6.07 Å². The van der Waals surface area contributed by atoms with Gasteiger partial charge in [-0.2, -0.15) is 0 Å². The summed E-state index contributed by atoms with van der Waals surface area (Å²) in [7, 11) is 3.42. The van der Waals surface area contributed by atoms with Gasteiger partial charge in [-0.1, -0.05) is 41.1 Å². The zero-order valence-corrected chi connectivity index (χ0v) is 12.9. The van der Waals surface area contributed by atoms with Crippen LogP contribution >= 0.6 is 22.9 Å². The molecule has 5 nitrogen and oxygen atoms in total. The SMILES string of the molecule is COC[C@H](O)CN(C)c1nnc(-c2ccccc2Cl)s1. The summed E-state index contributed by atoms with van der Waals surface area (Å²) in [6.45, 7) is 0.728. The molecule has 0 aliphatic rings. The molecular formula is C13H16ClN3O2S. The van der Waals surface area contributed by atoms with E-state index < -0.39 is 6.10 Å². The van der Waals surface area contributed by atoms with Gasteiger partial charge in [0, 0.05) is 26.3 Å². The second-order valence-electron chi connectivity index (χ2n) is 4.36. The number of aromatic nitrogens is 2. The lowest BCUT2D eigenvalue weighted by molar-refractivity contribution is 0.0695. The first-order chi connectivity index (χ1) is 9.61. The summed E-state index contributed by atoms with van der Waals surface area (Å²) in [4.78, 5) is 1.85. The summed E-state index contributed by atoms with van der Waals surface area (Å²) in [5.41, 5.74) is 0.865. The third-order valence-electron chi connectivity index (χ3n) is 2.69. The third-order valence-corrected chi connectivity index (χ3v) is 4.09. The minimum atomic E-state index is -0.558. The van der Waals surface area contributed by atoms with Crippen molar-refractivity contribution in [2.75, 3.05) is 32.2 Å². The van der Waals surface area contributed by atoms with Gasteiger partial charge in [0.15, 0.2) is 5.01 Å². The molecule has 0 fully saturated rings. The Labute approximate surface area is 126 Å². The molecule has 0 unspecified atom stereocenters. The maximum Gasteiger partial charge on any atom is 0.208 e. The first kappa shape index (κ1) is 15.2. The molecule has 1 atom stereocenters. The zero-order valence-electron chi connectivity index (χ0n) is 11.3. The van der Waals surface area contributed by atoms with Crippen molar-refractivity contribution in [3.63, 3.8) is 0 Å². The van der Waals surface area contributed by atoms with Crippen LogP contribution in [0.15, 0.2) is 24.3 Å². The Morgan fingerprint density at radius 2 is 2.15 bits per heavy atom. The van der Waals surface area contributed by atoms with Crippen molar-refractivity contribution in [3.05, 3.63) is 29.3 Å². The molecule has 7 heteroatoms. The highest BCUT2D eigenvalue weighted by Gasteiger charge is 2.15. The number of methoxy groups -OCH3 is 1. The van der Waals surface area contributed by atoms with E-state index in [0.29, 0.717) is 18.2 Å². The molecular weight excluding hydrogens is 298 g/mol. The molecule has 1 aromatic heterocycles. The molecule has 0 amide bonds. The summed E-state index contributed by atoms with van der Waals surface area (Å²) < 4.78 is 4.90. The maximum atomic E-state index is 9.72. The second-order valence-corrected chi connectivity index (χ2v) is 5.72. The monoisotopic (exact) mass is 313 g/mol. The number of likely N-dealkylation sites (N-methyl/N-ethyl adjacent to an activating group) is 1. The van der Waals surface area contributed by atoms with Crippen LogP contribution in [0.25, 0.3) is 10.6 Å². The lowest BCUT2D eigenvalue weighted by atomic mass is 10.2. The van der Waals surface area contributed by atoms with Gasteiger partial charge in [0.2, 0.25) is 5.13 Å². The molecule has 0 radical (unpaired) electrons. The van der Waals surface area contributed by atoms with E-state index in [2.05, 4.69) is 10.2 Å². The molecule has 0 bridgehead atoms. The number of aliphatic hydroxyl groups excluding tert-OH is 1. The molecule has 1 aromatic carbocycles. The highest BCUT2D eigenvalue weighted by atomic mass is 35.5. The maximum absolute atomic E-state index is 9.72. The fraction of sp³-hybridized carbons (Fsp3) is 0.385. The number of ether oxygens (including phenoxy) is 1. The van der Waals surface area contributed by atoms with Gasteiger partial charge in [0.25, 0.3) is 0 Å². The van der Waals surface area contributed by atoms with Gasteiger partial charge in [0.1, 0.15) is 0 Å². The van der Waals surface area contributed by atoms with Crippen LogP contribution in [0.4, 0.5) is 5.13 Å². The van der Waals surface area contributed by atoms with E-state index in [1.165, 1.54) is 11.3 Å². The lowest BCUT2D eigenvalue weighted by Crippen LogP contribution is -2.31. The molecule has 2 rings (SSSR count). The van der Waals surface area contributed by atoms with Crippen molar-refractivity contribution in [3.8, 4) is 10.6 Å². The van der Waals surface area contributed by atoms with Gasteiger partial charge in [0.05, 0.1) is 17.7 Å². The topological polar surface area (TPSA) is 58.5 Å². The number of halogens is 1. The smallest absolute Gasteiger partial charge is 0.208 e. The first-order valence-corrected chi connectivity index (χ1v) is 7.27. The van der Waals surface area contributed by atoms with E-state index in [9.17, 15) is 5.11 Å². The van der Waals surface area contributed by atoms with E-state index in [4.69, 9.17) is 16.3 Å². The van der Waals surface area contributed by atoms with Crippen molar-refractivity contribution >= 4 is 28.1 Å². The number of rotatable bonds is 6. The number of nitrogens with zero attached hydrogens (tertiary/aromatic N) is 3. The van der Waals surface area contributed by atoms with Gasteiger partial charge in [-0.3, -0.25) is 0 Å². The Morgan fingerprint density at radius 3 is 2.85 bits per heavy atom. The van der Waals surface area contributed by atoms with Crippen LogP contribution in [0, 0.1) is 0 Å². The molecule has 20 heavy (non-hydrogen) atoms. The van der Waals surface area contributed by atoms with Crippen LogP contribution in [-0.2, 0) is 4.74 Å². The predicted molar refractivity (Wildman–Crippen MR) is 81.5 cm³/mol. The van der Waals surface area contributed by atoms with Crippen LogP contribution in [0.5, 0.6) is 0 Å². The number of anilines is 1. The molecule has 108 valence electrons. The molecule has 0 aliphatic heterocycles. The van der Waals surface area contributed by atoms with E-state index in [0.717, 1.165) is 15.7 Å². The minimum absolute atomic E-state index is 0.292. The van der Waals surface area contributed by atoms with Crippen LogP contribution in [-0.4, -0.2) is 48.7 Å². The van der Waals surface area contributed by atoms with Gasteiger partial charge >= 0.3 is 0 Å². The molecule has 0 aliphatic carbocycles. The average molecular weight is 314 g/mol. The molecule has 0 saturated carbocycles. The van der Waals surface area contributed by atoms with Crippen LogP contribution in [0.3, 0.4) is 0 Å². The Bertz CT molecular complexity index is 564. The molecule has 2 aromatic rings. The number of benzene rings is 1. The summed E-state index contributed by atoms with van der Waals surface area (Å²) >= 11 is 7.58. The Kier molecular flexibility index (Phi) is 5.31. The minimum Gasteiger partial charge on any atom is -0.389 e. The van der Waals surface area contributed by atoms with E-state index in [1.807, 2.05) is 36.2 Å². The van der Waals surface area contributed by atoms with Gasteiger partial charge < -0.3 is 14.7 Å². The normalized spacial score (nSPS) is 12.4. The Hall–Kier alpha value is -1.21. The van der Waals surface area contributed by atoms with E-state index >= 15 is 0 Å².